The van der Waals surface area contributed by atoms with Gasteiger partial charge in [0.25, 0.3) is 0 Å². The van der Waals surface area contributed by atoms with Gasteiger partial charge < -0.3 is 5.32 Å². The monoisotopic (exact) mass is 237 g/mol. The minimum absolute atomic E-state index is 1.08. The molecule has 1 N–H and O–H groups in total. The summed E-state index contributed by atoms with van der Waals surface area (Å²) in [4.78, 5) is 0. The van der Waals surface area contributed by atoms with Crippen LogP contribution in [0.4, 0.5) is 0 Å². The quantitative estimate of drug-likeness (QED) is 0.705. The van der Waals surface area contributed by atoms with Gasteiger partial charge in [-0.3, -0.25) is 4.68 Å². The lowest BCUT2D eigenvalue weighted by molar-refractivity contribution is 0.520. The van der Waals surface area contributed by atoms with Crippen LogP contribution in [0.1, 0.15) is 49.6 Å². The van der Waals surface area contributed by atoms with Gasteiger partial charge in [-0.15, -0.1) is 0 Å². The molecule has 0 spiro atoms. The minimum atomic E-state index is 1.08. The first-order valence-corrected chi connectivity index (χ1v) is 6.88. The molecule has 17 heavy (non-hydrogen) atoms. The largest absolute Gasteiger partial charge is 0.320 e. The van der Waals surface area contributed by atoms with E-state index in [1.54, 1.807) is 0 Å². The lowest BCUT2D eigenvalue weighted by Gasteiger charge is -2.05. The van der Waals surface area contributed by atoms with Gasteiger partial charge in [-0.1, -0.05) is 19.8 Å². The second kappa shape index (κ2) is 7.49. The van der Waals surface area contributed by atoms with Crippen LogP contribution in [0.3, 0.4) is 0 Å². The Morgan fingerprint density at radius 2 is 1.82 bits per heavy atom. The Bertz CT molecular complexity index is 328. The van der Waals surface area contributed by atoms with Crippen molar-refractivity contribution >= 4 is 0 Å². The first-order valence-electron chi connectivity index (χ1n) is 6.88. The number of nitrogens with zero attached hydrogens (tertiary/aromatic N) is 2. The fourth-order valence-corrected chi connectivity index (χ4v) is 2.38. The summed E-state index contributed by atoms with van der Waals surface area (Å²) in [7, 11) is 2.02. The first kappa shape index (κ1) is 14.2. The maximum Gasteiger partial charge on any atom is 0.0628 e. The minimum Gasteiger partial charge on any atom is -0.320 e. The van der Waals surface area contributed by atoms with E-state index in [9.17, 15) is 0 Å². The first-order chi connectivity index (χ1) is 8.20. The van der Waals surface area contributed by atoms with Gasteiger partial charge in [-0.2, -0.15) is 5.10 Å². The highest BCUT2D eigenvalue weighted by Gasteiger charge is 2.08. The Labute approximate surface area is 106 Å². The average molecular weight is 237 g/mol. The maximum atomic E-state index is 4.62. The van der Waals surface area contributed by atoms with Crippen LogP contribution < -0.4 is 5.32 Å². The predicted molar refractivity (Wildman–Crippen MR) is 73.5 cm³/mol. The zero-order chi connectivity index (χ0) is 12.7. The zero-order valence-electron chi connectivity index (χ0n) is 11.8. The number of unbranched alkanes of at least 4 members (excludes halogenated alkanes) is 3. The summed E-state index contributed by atoms with van der Waals surface area (Å²) in [5, 5.41) is 7.81. The van der Waals surface area contributed by atoms with E-state index in [1.165, 1.54) is 42.6 Å². The summed E-state index contributed by atoms with van der Waals surface area (Å²) in [5.74, 6) is 0. The van der Waals surface area contributed by atoms with Gasteiger partial charge >= 0.3 is 0 Å². The fraction of sp³-hybridized carbons (Fsp3) is 0.786. The van der Waals surface area contributed by atoms with Crippen LogP contribution in [0.15, 0.2) is 0 Å². The molecule has 1 aromatic heterocycles. The molecule has 0 radical (unpaired) electrons. The number of aromatic nitrogens is 2. The van der Waals surface area contributed by atoms with Crippen molar-refractivity contribution in [2.24, 2.45) is 0 Å². The molecular formula is C14H27N3. The third-order valence-corrected chi connectivity index (χ3v) is 3.43. The molecule has 0 saturated heterocycles. The molecule has 3 heteroatoms. The average Bonchev–Trinajstić information content (AvgIpc) is 2.58. The number of nitrogens with one attached hydrogen (secondary N) is 1. The molecule has 0 atom stereocenters. The van der Waals surface area contributed by atoms with E-state index in [1.807, 2.05) is 7.05 Å². The molecule has 0 aliphatic rings. The van der Waals surface area contributed by atoms with Crippen molar-refractivity contribution in [3.8, 4) is 0 Å². The van der Waals surface area contributed by atoms with Gasteiger partial charge in [-0.25, -0.2) is 0 Å². The van der Waals surface area contributed by atoms with Crippen molar-refractivity contribution in [2.45, 2.75) is 59.4 Å². The lowest BCUT2D eigenvalue weighted by atomic mass is 10.1. The Balaban J connectivity index is 2.32. The summed E-state index contributed by atoms with van der Waals surface area (Å²) >= 11 is 0. The molecule has 0 unspecified atom stereocenters. The number of hydrogen-bond donors (Lipinski definition) is 1. The second-order valence-electron chi connectivity index (χ2n) is 4.74. The zero-order valence-corrected chi connectivity index (χ0v) is 11.8. The third-order valence-electron chi connectivity index (χ3n) is 3.43. The van der Waals surface area contributed by atoms with Crippen LogP contribution in [0.25, 0.3) is 0 Å². The fourth-order valence-electron chi connectivity index (χ4n) is 2.38. The van der Waals surface area contributed by atoms with E-state index in [0.29, 0.717) is 0 Å². The van der Waals surface area contributed by atoms with Crippen LogP contribution in [-0.4, -0.2) is 23.4 Å². The summed E-state index contributed by atoms with van der Waals surface area (Å²) in [6.45, 7) is 8.74. The van der Waals surface area contributed by atoms with Crippen molar-refractivity contribution in [1.29, 1.82) is 0 Å². The molecule has 0 aliphatic carbocycles. The molecular weight excluding hydrogens is 210 g/mol. The molecule has 0 aromatic carbocycles. The van der Waals surface area contributed by atoms with Gasteiger partial charge in [0.1, 0.15) is 0 Å². The molecule has 1 heterocycles. The van der Waals surface area contributed by atoms with Crippen LogP contribution in [0.5, 0.6) is 0 Å². The van der Waals surface area contributed by atoms with Crippen molar-refractivity contribution in [3.05, 3.63) is 17.0 Å². The van der Waals surface area contributed by atoms with E-state index >= 15 is 0 Å². The van der Waals surface area contributed by atoms with Crippen molar-refractivity contribution < 1.29 is 0 Å². The number of hydrogen-bond acceptors (Lipinski definition) is 2. The van der Waals surface area contributed by atoms with E-state index < -0.39 is 0 Å². The lowest BCUT2D eigenvalue weighted by Crippen LogP contribution is -2.07. The highest BCUT2D eigenvalue weighted by Crippen LogP contribution is 2.14. The van der Waals surface area contributed by atoms with E-state index in [2.05, 4.69) is 35.9 Å². The maximum absolute atomic E-state index is 4.62. The Morgan fingerprint density at radius 1 is 1.12 bits per heavy atom. The Morgan fingerprint density at radius 3 is 2.41 bits per heavy atom. The van der Waals surface area contributed by atoms with E-state index in [-0.39, 0.29) is 0 Å². The van der Waals surface area contributed by atoms with Gasteiger partial charge in [0.15, 0.2) is 0 Å². The number of aryl methyl sites for hydroxylation is 2. The number of rotatable bonds is 8. The molecule has 0 aliphatic heterocycles. The van der Waals surface area contributed by atoms with Crippen LogP contribution >= 0.6 is 0 Å². The molecule has 98 valence electrons. The highest BCUT2D eigenvalue weighted by atomic mass is 15.3. The summed E-state index contributed by atoms with van der Waals surface area (Å²) in [6.07, 6.45) is 6.25. The summed E-state index contributed by atoms with van der Waals surface area (Å²) < 4.78 is 2.19. The van der Waals surface area contributed by atoms with E-state index in [4.69, 9.17) is 0 Å². The summed E-state index contributed by atoms with van der Waals surface area (Å²) in [5.41, 5.74) is 4.00. The van der Waals surface area contributed by atoms with Gasteiger partial charge in [0.2, 0.25) is 0 Å². The van der Waals surface area contributed by atoms with Crippen molar-refractivity contribution in [3.63, 3.8) is 0 Å². The highest BCUT2D eigenvalue weighted by molar-refractivity contribution is 5.24. The second-order valence-corrected chi connectivity index (χ2v) is 4.74. The topological polar surface area (TPSA) is 29.9 Å². The van der Waals surface area contributed by atoms with Gasteiger partial charge in [0.05, 0.1) is 5.69 Å². The predicted octanol–water partition coefficient (Wildman–Crippen LogP) is 2.84. The normalized spacial score (nSPS) is 11.1. The van der Waals surface area contributed by atoms with Crippen molar-refractivity contribution in [1.82, 2.24) is 15.1 Å². The Hall–Kier alpha value is -0.830. The van der Waals surface area contributed by atoms with Crippen LogP contribution in [0, 0.1) is 13.8 Å². The molecule has 1 aromatic rings. The van der Waals surface area contributed by atoms with Crippen molar-refractivity contribution in [2.75, 3.05) is 13.6 Å². The molecule has 0 amide bonds. The molecule has 0 fully saturated rings. The summed E-state index contributed by atoms with van der Waals surface area (Å²) in [6, 6.07) is 0. The van der Waals surface area contributed by atoms with Gasteiger partial charge in [0, 0.05) is 12.2 Å². The molecule has 1 rings (SSSR count). The standard InChI is InChI=1S/C14H27N3/c1-5-14-12(2)16-17(13(14)3)11-9-7-6-8-10-15-4/h15H,5-11H2,1-4H3. The Kier molecular flexibility index (Phi) is 6.27. The molecule has 3 nitrogen and oxygen atoms in total. The van der Waals surface area contributed by atoms with Crippen LogP contribution in [0.2, 0.25) is 0 Å². The SMILES string of the molecule is CCc1c(C)nn(CCCCCCNC)c1C. The molecule has 0 saturated carbocycles. The smallest absolute Gasteiger partial charge is 0.0628 e. The third kappa shape index (κ3) is 4.15. The van der Waals surface area contributed by atoms with E-state index in [0.717, 1.165) is 19.5 Å². The van der Waals surface area contributed by atoms with Gasteiger partial charge in [-0.05, 0) is 52.3 Å². The molecule has 0 bridgehead atoms. The van der Waals surface area contributed by atoms with Crippen LogP contribution in [-0.2, 0) is 13.0 Å².